The van der Waals surface area contributed by atoms with Crippen LogP contribution in [0.3, 0.4) is 0 Å². The van der Waals surface area contributed by atoms with Crippen LogP contribution in [0.4, 0.5) is 43.9 Å². The summed E-state index contributed by atoms with van der Waals surface area (Å²) in [4.78, 5) is 0. The highest BCUT2D eigenvalue weighted by atomic mass is 19.4. The molecule has 0 heterocycles. The zero-order valence-electron chi connectivity index (χ0n) is 7.80. The van der Waals surface area contributed by atoms with Crippen LogP contribution in [0, 0.1) is 0 Å². The maximum absolute atomic E-state index is 12.8. The minimum atomic E-state index is -6.57. The molecule has 0 rings (SSSR count). The molecule has 0 fully saturated rings. The van der Waals surface area contributed by atoms with Gasteiger partial charge in [0.25, 0.3) is 0 Å². The molecule has 18 heavy (non-hydrogen) atoms. The van der Waals surface area contributed by atoms with Crippen LogP contribution < -0.4 is 0 Å². The molecular weight excluding hydrogens is 294 g/mol. The lowest BCUT2D eigenvalue weighted by Crippen LogP contribution is -2.58. The molecule has 0 aromatic heterocycles. The summed E-state index contributed by atoms with van der Waals surface area (Å²) in [7, 11) is 0. The van der Waals surface area contributed by atoms with Crippen molar-refractivity contribution >= 4 is 0 Å². The Balaban J connectivity index is 5.43. The number of ether oxygens (including phenoxy) is 2. The molecule has 0 aliphatic heterocycles. The standard InChI is InChI=1S/C6H2F10O2/c7-1-17-4(11,5(12,13)14)6(15,16)18-3(10)2(8)9/h1H2. The van der Waals surface area contributed by atoms with Crippen molar-refractivity contribution in [2.24, 2.45) is 0 Å². The monoisotopic (exact) mass is 296 g/mol. The van der Waals surface area contributed by atoms with Crippen LogP contribution in [0.2, 0.25) is 0 Å². The van der Waals surface area contributed by atoms with Crippen molar-refractivity contribution in [3.05, 3.63) is 12.1 Å². The molecule has 0 saturated carbocycles. The molecule has 0 aliphatic carbocycles. The number of alkyl halides is 7. The minimum absolute atomic E-state index is 2.19. The fourth-order valence-electron chi connectivity index (χ4n) is 0.623. The molecule has 0 aromatic rings. The predicted octanol–water partition coefficient (Wildman–Crippen LogP) is 3.80. The van der Waals surface area contributed by atoms with Gasteiger partial charge in [0.1, 0.15) is 0 Å². The van der Waals surface area contributed by atoms with Gasteiger partial charge in [0.15, 0.2) is 6.86 Å². The van der Waals surface area contributed by atoms with E-state index < -0.39 is 37.1 Å². The van der Waals surface area contributed by atoms with Gasteiger partial charge in [-0.05, 0) is 0 Å². The Kier molecular flexibility index (Phi) is 4.85. The maximum Gasteiger partial charge on any atom is 0.471 e. The second kappa shape index (κ2) is 5.20. The summed E-state index contributed by atoms with van der Waals surface area (Å²) in [5.74, 6) is -6.14. The lowest BCUT2D eigenvalue weighted by atomic mass is 10.2. The van der Waals surface area contributed by atoms with E-state index in [2.05, 4.69) is 9.47 Å². The van der Waals surface area contributed by atoms with Gasteiger partial charge in [0.2, 0.25) is 0 Å². The molecule has 2 nitrogen and oxygen atoms in total. The van der Waals surface area contributed by atoms with E-state index in [1.54, 1.807) is 0 Å². The summed E-state index contributed by atoms with van der Waals surface area (Å²) in [5.41, 5.74) is 0. The van der Waals surface area contributed by atoms with Gasteiger partial charge in [-0.2, -0.15) is 39.5 Å². The first-order valence-electron chi connectivity index (χ1n) is 3.62. The normalized spacial score (nSPS) is 16.1. The molecule has 12 heteroatoms. The Morgan fingerprint density at radius 1 is 0.889 bits per heavy atom. The summed E-state index contributed by atoms with van der Waals surface area (Å²) in [6.07, 6.45) is -16.4. The van der Waals surface area contributed by atoms with Crippen molar-refractivity contribution in [2.75, 3.05) is 6.86 Å². The first kappa shape index (κ1) is 16.8. The van der Waals surface area contributed by atoms with Crippen LogP contribution >= 0.6 is 0 Å². The van der Waals surface area contributed by atoms with Gasteiger partial charge in [-0.1, -0.05) is 0 Å². The van der Waals surface area contributed by atoms with Crippen LogP contribution in [0.5, 0.6) is 0 Å². The number of hydrogen-bond donors (Lipinski definition) is 0. The fourth-order valence-corrected chi connectivity index (χ4v) is 0.623. The van der Waals surface area contributed by atoms with E-state index in [0.717, 1.165) is 0 Å². The number of halogens is 10. The first-order valence-corrected chi connectivity index (χ1v) is 3.62. The molecule has 108 valence electrons. The molecule has 1 atom stereocenters. The first-order chi connectivity index (χ1) is 7.89. The van der Waals surface area contributed by atoms with Crippen molar-refractivity contribution in [3.8, 4) is 0 Å². The lowest BCUT2D eigenvalue weighted by Gasteiger charge is -2.31. The Bertz CT molecular complexity index is 319. The van der Waals surface area contributed by atoms with Crippen LogP contribution in [0.15, 0.2) is 12.1 Å². The van der Waals surface area contributed by atoms with Crippen molar-refractivity contribution in [1.29, 1.82) is 0 Å². The average molecular weight is 296 g/mol. The summed E-state index contributed by atoms with van der Waals surface area (Å²) in [5, 5.41) is 0. The van der Waals surface area contributed by atoms with Crippen molar-refractivity contribution in [3.63, 3.8) is 0 Å². The second-order valence-corrected chi connectivity index (χ2v) is 2.50. The quantitative estimate of drug-likeness (QED) is 0.567. The summed E-state index contributed by atoms with van der Waals surface area (Å²) in [6, 6.07) is -3.46. The Hall–Kier alpha value is -1.20. The highest BCUT2D eigenvalue weighted by molar-refractivity contribution is 4.91. The topological polar surface area (TPSA) is 18.5 Å². The van der Waals surface area contributed by atoms with Crippen LogP contribution in [-0.4, -0.2) is 25.0 Å². The second-order valence-electron chi connectivity index (χ2n) is 2.50. The lowest BCUT2D eigenvalue weighted by molar-refractivity contribution is -0.459. The maximum atomic E-state index is 12.8. The van der Waals surface area contributed by atoms with E-state index in [1.807, 2.05) is 0 Å². The molecule has 1 unspecified atom stereocenters. The van der Waals surface area contributed by atoms with Gasteiger partial charge in [-0.3, -0.25) is 4.74 Å². The van der Waals surface area contributed by atoms with Crippen LogP contribution in [0.25, 0.3) is 0 Å². The third-order valence-corrected chi connectivity index (χ3v) is 1.36. The van der Waals surface area contributed by atoms with E-state index in [9.17, 15) is 43.9 Å². The Morgan fingerprint density at radius 3 is 1.61 bits per heavy atom. The van der Waals surface area contributed by atoms with Crippen molar-refractivity contribution < 1.29 is 53.4 Å². The highest BCUT2D eigenvalue weighted by Crippen LogP contribution is 2.48. The van der Waals surface area contributed by atoms with Gasteiger partial charge < -0.3 is 4.74 Å². The minimum Gasteiger partial charge on any atom is -0.398 e. The molecule has 0 bridgehead atoms. The molecule has 0 radical (unpaired) electrons. The van der Waals surface area contributed by atoms with E-state index in [-0.39, 0.29) is 0 Å². The molecule has 0 amide bonds. The largest absolute Gasteiger partial charge is 0.471 e. The van der Waals surface area contributed by atoms with Gasteiger partial charge in [-0.25, -0.2) is 4.39 Å². The number of hydrogen-bond acceptors (Lipinski definition) is 2. The Morgan fingerprint density at radius 2 is 1.33 bits per heavy atom. The molecular formula is C6H2F10O2. The van der Waals surface area contributed by atoms with Gasteiger partial charge in [0, 0.05) is 0 Å². The Labute approximate surface area is 91.8 Å². The van der Waals surface area contributed by atoms with E-state index >= 15 is 0 Å². The predicted molar refractivity (Wildman–Crippen MR) is 33.3 cm³/mol. The SMILES string of the molecule is FCOC(F)(C(F)(F)F)C(F)(F)OC(F)=C(F)F. The third-order valence-electron chi connectivity index (χ3n) is 1.36. The summed E-state index contributed by atoms with van der Waals surface area (Å²) >= 11 is 0. The molecule has 0 spiro atoms. The highest BCUT2D eigenvalue weighted by Gasteiger charge is 2.76. The van der Waals surface area contributed by atoms with E-state index in [1.165, 1.54) is 0 Å². The van der Waals surface area contributed by atoms with E-state index in [4.69, 9.17) is 0 Å². The molecule has 0 aromatic carbocycles. The van der Waals surface area contributed by atoms with Crippen molar-refractivity contribution in [1.82, 2.24) is 0 Å². The van der Waals surface area contributed by atoms with Crippen LogP contribution in [-0.2, 0) is 9.47 Å². The number of rotatable bonds is 5. The average Bonchev–Trinajstić information content (AvgIpc) is 2.14. The third kappa shape index (κ3) is 3.17. The fraction of sp³-hybridized carbons (Fsp3) is 0.667. The van der Waals surface area contributed by atoms with Gasteiger partial charge >= 0.3 is 30.2 Å². The van der Waals surface area contributed by atoms with Crippen LogP contribution in [0.1, 0.15) is 0 Å². The summed E-state index contributed by atoms with van der Waals surface area (Å²) in [6.45, 7) is -2.70. The zero-order chi connectivity index (χ0) is 14.8. The molecule has 0 saturated heterocycles. The van der Waals surface area contributed by atoms with Crippen molar-refractivity contribution in [2.45, 2.75) is 18.1 Å². The molecule has 0 aliphatic rings. The summed E-state index contributed by atoms with van der Waals surface area (Å²) < 4.78 is 124. The smallest absolute Gasteiger partial charge is 0.398 e. The van der Waals surface area contributed by atoms with E-state index in [0.29, 0.717) is 0 Å². The van der Waals surface area contributed by atoms with Gasteiger partial charge in [-0.15, -0.1) is 0 Å². The molecule has 0 N–H and O–H groups in total. The zero-order valence-corrected chi connectivity index (χ0v) is 7.80. The van der Waals surface area contributed by atoms with Gasteiger partial charge in [0.05, 0.1) is 0 Å².